The van der Waals surface area contributed by atoms with Gasteiger partial charge in [0.2, 0.25) is 0 Å². The first-order valence-electron chi connectivity index (χ1n) is 11.8. The number of ketones is 1. The van der Waals surface area contributed by atoms with Gasteiger partial charge >= 0.3 is 11.9 Å². The number of rotatable bonds is 6. The molecule has 3 aliphatic carbocycles. The molecule has 0 aromatic carbocycles. The summed E-state index contributed by atoms with van der Waals surface area (Å²) in [6.07, 6.45) is 15.2. The summed E-state index contributed by atoms with van der Waals surface area (Å²) in [5.74, 6) is -1.09. The number of fused-ring (bicyclic) bond motifs is 1. The molecular formula is C25H36O5. The molecule has 2 fully saturated rings. The SMILES string of the molecule is CCOC(=O)C1(C(=O)OCC)C/C(=C\C(=O)C2CCCCC2)[C@@H]2/C=C\CCCC[C@H]21. The third kappa shape index (κ3) is 4.55. The maximum absolute atomic E-state index is 13.2. The number of hydrogen-bond donors (Lipinski definition) is 0. The average molecular weight is 417 g/mol. The molecule has 0 amide bonds. The fourth-order valence-electron chi connectivity index (χ4n) is 5.57. The molecule has 0 radical (unpaired) electrons. The Morgan fingerprint density at radius 3 is 2.23 bits per heavy atom. The van der Waals surface area contributed by atoms with Crippen molar-refractivity contribution in [3.8, 4) is 0 Å². The minimum Gasteiger partial charge on any atom is -0.465 e. The predicted octanol–water partition coefficient (Wildman–Crippen LogP) is 4.94. The van der Waals surface area contributed by atoms with Crippen LogP contribution in [0.5, 0.6) is 0 Å². The van der Waals surface area contributed by atoms with Crippen LogP contribution in [0.2, 0.25) is 0 Å². The van der Waals surface area contributed by atoms with Crippen LogP contribution in [0.3, 0.4) is 0 Å². The molecule has 3 rings (SSSR count). The maximum atomic E-state index is 13.2. The number of carbonyl (C=O) groups excluding carboxylic acids is 3. The lowest BCUT2D eigenvalue weighted by molar-refractivity contribution is -0.175. The van der Waals surface area contributed by atoms with Gasteiger partial charge in [-0.15, -0.1) is 0 Å². The summed E-state index contributed by atoms with van der Waals surface area (Å²) in [6.45, 7) is 3.94. The molecule has 0 bridgehead atoms. The summed E-state index contributed by atoms with van der Waals surface area (Å²) >= 11 is 0. The molecule has 0 N–H and O–H groups in total. The molecule has 2 atom stereocenters. The third-order valence-corrected chi connectivity index (χ3v) is 7.07. The van der Waals surface area contributed by atoms with Crippen molar-refractivity contribution in [3.63, 3.8) is 0 Å². The lowest BCUT2D eigenvalue weighted by Gasteiger charge is -2.32. The highest BCUT2D eigenvalue weighted by molar-refractivity contribution is 6.02. The van der Waals surface area contributed by atoms with Gasteiger partial charge in [0, 0.05) is 11.8 Å². The van der Waals surface area contributed by atoms with Crippen molar-refractivity contribution in [2.75, 3.05) is 13.2 Å². The number of allylic oxidation sites excluding steroid dienone is 4. The molecule has 0 aromatic heterocycles. The van der Waals surface area contributed by atoms with E-state index in [1.165, 1.54) is 6.42 Å². The molecule has 0 aromatic rings. The van der Waals surface area contributed by atoms with Crippen molar-refractivity contribution in [3.05, 3.63) is 23.8 Å². The van der Waals surface area contributed by atoms with E-state index < -0.39 is 17.4 Å². The summed E-state index contributed by atoms with van der Waals surface area (Å²) in [7, 11) is 0. The molecular weight excluding hydrogens is 380 g/mol. The van der Waals surface area contributed by atoms with Crippen molar-refractivity contribution >= 4 is 17.7 Å². The standard InChI is InChI=1S/C25H36O5/c1-3-29-23(27)25(24(28)30-4-2)17-19(16-22(26)18-12-8-7-9-13-18)20-14-10-5-6-11-15-21(20)25/h10,14,16,18,20-21H,3-9,11-13,15,17H2,1-2H3/b14-10-,19-16+/t20-,21+/m0/s1. The third-order valence-electron chi connectivity index (χ3n) is 7.07. The molecule has 0 unspecified atom stereocenters. The van der Waals surface area contributed by atoms with E-state index in [2.05, 4.69) is 12.2 Å². The molecule has 5 nitrogen and oxygen atoms in total. The number of ether oxygens (including phenoxy) is 2. The first-order valence-corrected chi connectivity index (χ1v) is 11.8. The molecule has 5 heteroatoms. The van der Waals surface area contributed by atoms with E-state index in [9.17, 15) is 14.4 Å². The van der Waals surface area contributed by atoms with Gasteiger partial charge in [-0.1, -0.05) is 43.4 Å². The van der Waals surface area contributed by atoms with Crippen molar-refractivity contribution in [1.29, 1.82) is 0 Å². The van der Waals surface area contributed by atoms with E-state index in [1.807, 2.05) is 0 Å². The molecule has 30 heavy (non-hydrogen) atoms. The molecule has 166 valence electrons. The van der Waals surface area contributed by atoms with Gasteiger partial charge < -0.3 is 9.47 Å². The topological polar surface area (TPSA) is 69.7 Å². The van der Waals surface area contributed by atoms with E-state index in [-0.39, 0.29) is 43.2 Å². The Kier molecular flexibility index (Phi) is 7.90. The fourth-order valence-corrected chi connectivity index (χ4v) is 5.57. The normalized spacial score (nSPS) is 28.8. The summed E-state index contributed by atoms with van der Waals surface area (Å²) in [6, 6.07) is 0. The van der Waals surface area contributed by atoms with Crippen molar-refractivity contribution in [2.24, 2.45) is 23.2 Å². The van der Waals surface area contributed by atoms with Crippen LogP contribution in [-0.4, -0.2) is 30.9 Å². The smallest absolute Gasteiger partial charge is 0.324 e. The highest BCUT2D eigenvalue weighted by Crippen LogP contribution is 2.55. The van der Waals surface area contributed by atoms with Crippen LogP contribution in [0.15, 0.2) is 23.8 Å². The zero-order chi connectivity index (χ0) is 21.6. The molecule has 0 spiro atoms. The van der Waals surface area contributed by atoms with Crippen LogP contribution in [0.4, 0.5) is 0 Å². The summed E-state index contributed by atoms with van der Waals surface area (Å²) in [5, 5.41) is 0. The predicted molar refractivity (Wildman–Crippen MR) is 115 cm³/mol. The van der Waals surface area contributed by atoms with Crippen LogP contribution in [-0.2, 0) is 23.9 Å². The number of hydrogen-bond acceptors (Lipinski definition) is 5. The van der Waals surface area contributed by atoms with Crippen LogP contribution in [0.1, 0.15) is 78.1 Å². The first kappa shape index (κ1) is 22.8. The fraction of sp³-hybridized carbons (Fsp3) is 0.720. The van der Waals surface area contributed by atoms with E-state index in [0.717, 1.165) is 56.9 Å². The quantitative estimate of drug-likeness (QED) is 0.265. The van der Waals surface area contributed by atoms with E-state index in [0.29, 0.717) is 0 Å². The van der Waals surface area contributed by atoms with Crippen molar-refractivity contribution in [2.45, 2.75) is 78.1 Å². The van der Waals surface area contributed by atoms with Gasteiger partial charge in [0.1, 0.15) is 0 Å². The second-order valence-corrected chi connectivity index (χ2v) is 8.89. The molecule has 0 aliphatic heterocycles. The van der Waals surface area contributed by atoms with Crippen LogP contribution in [0.25, 0.3) is 0 Å². The van der Waals surface area contributed by atoms with Gasteiger partial charge in [-0.05, 0) is 64.4 Å². The van der Waals surface area contributed by atoms with Gasteiger partial charge in [-0.3, -0.25) is 14.4 Å². The number of carbonyl (C=O) groups is 3. The Morgan fingerprint density at radius 1 is 0.967 bits per heavy atom. The van der Waals surface area contributed by atoms with Gasteiger partial charge in [0.25, 0.3) is 0 Å². The zero-order valence-electron chi connectivity index (χ0n) is 18.5. The monoisotopic (exact) mass is 416 g/mol. The molecule has 0 heterocycles. The highest BCUT2D eigenvalue weighted by atomic mass is 16.6. The van der Waals surface area contributed by atoms with Crippen LogP contribution in [0, 0.1) is 23.2 Å². The minimum atomic E-state index is -1.35. The van der Waals surface area contributed by atoms with Crippen molar-refractivity contribution < 1.29 is 23.9 Å². The zero-order valence-corrected chi connectivity index (χ0v) is 18.5. The van der Waals surface area contributed by atoms with E-state index in [4.69, 9.17) is 9.47 Å². The van der Waals surface area contributed by atoms with Crippen molar-refractivity contribution in [1.82, 2.24) is 0 Å². The second-order valence-electron chi connectivity index (χ2n) is 8.89. The molecule has 3 aliphatic rings. The van der Waals surface area contributed by atoms with Crippen LogP contribution >= 0.6 is 0 Å². The number of esters is 2. The first-order chi connectivity index (χ1) is 14.5. The second kappa shape index (κ2) is 10.4. The lowest BCUT2D eigenvalue weighted by Crippen LogP contribution is -2.46. The van der Waals surface area contributed by atoms with E-state index in [1.54, 1.807) is 19.9 Å². The Labute approximate surface area is 180 Å². The maximum Gasteiger partial charge on any atom is 0.324 e. The van der Waals surface area contributed by atoms with Gasteiger partial charge in [0.05, 0.1) is 13.2 Å². The van der Waals surface area contributed by atoms with Crippen LogP contribution < -0.4 is 0 Å². The van der Waals surface area contributed by atoms with Gasteiger partial charge in [0.15, 0.2) is 11.2 Å². The van der Waals surface area contributed by atoms with E-state index >= 15 is 0 Å². The average Bonchev–Trinajstić information content (AvgIpc) is 3.02. The Morgan fingerprint density at radius 2 is 1.60 bits per heavy atom. The minimum absolute atomic E-state index is 0.0717. The Hall–Kier alpha value is -1.91. The summed E-state index contributed by atoms with van der Waals surface area (Å²) in [5.41, 5.74) is -0.452. The largest absolute Gasteiger partial charge is 0.465 e. The highest BCUT2D eigenvalue weighted by Gasteiger charge is 2.61. The summed E-state index contributed by atoms with van der Waals surface area (Å²) < 4.78 is 10.8. The van der Waals surface area contributed by atoms with Gasteiger partial charge in [-0.2, -0.15) is 0 Å². The molecule has 0 saturated heterocycles. The Balaban J connectivity index is 2.01. The molecule has 2 saturated carbocycles. The summed E-state index contributed by atoms with van der Waals surface area (Å²) in [4.78, 5) is 39.5. The Bertz CT molecular complexity index is 680. The lowest BCUT2D eigenvalue weighted by atomic mass is 9.72. The van der Waals surface area contributed by atoms with Gasteiger partial charge in [-0.25, -0.2) is 0 Å².